The zero-order chi connectivity index (χ0) is 16.2. The third-order valence-electron chi connectivity index (χ3n) is 3.27. The fourth-order valence-electron chi connectivity index (χ4n) is 1.92. The van der Waals surface area contributed by atoms with Crippen molar-refractivity contribution in [2.45, 2.75) is 38.6 Å². The largest absolute Gasteiger partial charge is 0.469 e. The second kappa shape index (κ2) is 13.1. The van der Waals surface area contributed by atoms with Crippen molar-refractivity contribution in [1.82, 2.24) is 25.4 Å². The molecule has 0 aliphatic rings. The molecular formula is C14H27IN6O2. The van der Waals surface area contributed by atoms with E-state index in [1.165, 1.54) is 13.4 Å². The Morgan fingerprint density at radius 1 is 1.30 bits per heavy atom. The van der Waals surface area contributed by atoms with E-state index in [0.717, 1.165) is 44.0 Å². The molecule has 0 bridgehead atoms. The van der Waals surface area contributed by atoms with Crippen molar-refractivity contribution in [2.24, 2.45) is 12.0 Å². The molecule has 0 saturated heterocycles. The summed E-state index contributed by atoms with van der Waals surface area (Å²) < 4.78 is 6.33. The Morgan fingerprint density at radius 3 is 2.65 bits per heavy atom. The van der Waals surface area contributed by atoms with Crippen LogP contribution < -0.4 is 10.6 Å². The van der Waals surface area contributed by atoms with Gasteiger partial charge in [0.2, 0.25) is 0 Å². The zero-order valence-corrected chi connectivity index (χ0v) is 16.4. The SMILES string of the molecule is CN=C(NCCCCCCC(=O)OC)NCc1ncnn1C.I. The van der Waals surface area contributed by atoms with E-state index in [1.807, 2.05) is 7.05 Å². The van der Waals surface area contributed by atoms with Crippen LogP contribution in [0.4, 0.5) is 0 Å². The van der Waals surface area contributed by atoms with Gasteiger partial charge in [-0.2, -0.15) is 5.10 Å². The number of carbonyl (C=O) groups excluding carboxylic acids is 1. The Kier molecular flexibility index (Phi) is 12.3. The number of unbranched alkanes of at least 4 members (excludes halogenated alkanes) is 3. The molecule has 23 heavy (non-hydrogen) atoms. The van der Waals surface area contributed by atoms with E-state index in [0.29, 0.717) is 13.0 Å². The number of nitrogens with zero attached hydrogens (tertiary/aromatic N) is 4. The van der Waals surface area contributed by atoms with E-state index < -0.39 is 0 Å². The van der Waals surface area contributed by atoms with Crippen LogP contribution in [0.3, 0.4) is 0 Å². The summed E-state index contributed by atoms with van der Waals surface area (Å²) in [6.07, 6.45) is 6.05. The van der Waals surface area contributed by atoms with Crippen molar-refractivity contribution in [3.8, 4) is 0 Å². The van der Waals surface area contributed by atoms with Crippen LogP contribution in [0.5, 0.6) is 0 Å². The summed E-state index contributed by atoms with van der Waals surface area (Å²) in [5.74, 6) is 1.47. The van der Waals surface area contributed by atoms with Gasteiger partial charge in [0.25, 0.3) is 0 Å². The van der Waals surface area contributed by atoms with Gasteiger partial charge in [0.15, 0.2) is 5.96 Å². The Balaban J connectivity index is 0.00000484. The lowest BCUT2D eigenvalue weighted by atomic mass is 10.1. The summed E-state index contributed by atoms with van der Waals surface area (Å²) in [4.78, 5) is 19.3. The monoisotopic (exact) mass is 438 g/mol. The molecule has 0 aromatic carbocycles. The predicted molar refractivity (Wildman–Crippen MR) is 99.7 cm³/mol. The molecule has 0 atom stereocenters. The molecule has 132 valence electrons. The first-order valence-electron chi connectivity index (χ1n) is 7.51. The third kappa shape index (κ3) is 9.36. The van der Waals surface area contributed by atoms with Gasteiger partial charge < -0.3 is 15.4 Å². The lowest BCUT2D eigenvalue weighted by molar-refractivity contribution is -0.140. The number of esters is 1. The molecule has 0 aliphatic carbocycles. The van der Waals surface area contributed by atoms with Crippen LogP contribution in [0.15, 0.2) is 11.3 Å². The summed E-state index contributed by atoms with van der Waals surface area (Å²) in [5.41, 5.74) is 0. The van der Waals surface area contributed by atoms with Gasteiger partial charge in [0.1, 0.15) is 12.2 Å². The number of aromatic nitrogens is 3. The quantitative estimate of drug-likeness (QED) is 0.198. The van der Waals surface area contributed by atoms with Crippen LogP contribution in [-0.4, -0.2) is 47.4 Å². The molecule has 0 saturated carbocycles. The lowest BCUT2D eigenvalue weighted by Gasteiger charge is -2.11. The molecular weight excluding hydrogens is 411 g/mol. The minimum absolute atomic E-state index is 0. The molecule has 0 radical (unpaired) electrons. The predicted octanol–water partition coefficient (Wildman–Crippen LogP) is 1.22. The number of rotatable bonds is 9. The van der Waals surface area contributed by atoms with Crippen LogP contribution in [-0.2, 0) is 23.1 Å². The summed E-state index contributed by atoms with van der Waals surface area (Å²) in [6, 6.07) is 0. The highest BCUT2D eigenvalue weighted by Gasteiger charge is 2.02. The second-order valence-corrected chi connectivity index (χ2v) is 4.89. The normalized spacial score (nSPS) is 10.8. The van der Waals surface area contributed by atoms with E-state index >= 15 is 0 Å². The zero-order valence-electron chi connectivity index (χ0n) is 14.0. The molecule has 9 heteroatoms. The van der Waals surface area contributed by atoms with Gasteiger partial charge in [0, 0.05) is 27.1 Å². The molecule has 0 fully saturated rings. The van der Waals surface area contributed by atoms with Crippen LogP contribution in [0.1, 0.15) is 37.9 Å². The fourth-order valence-corrected chi connectivity index (χ4v) is 1.92. The number of nitrogens with one attached hydrogen (secondary N) is 2. The third-order valence-corrected chi connectivity index (χ3v) is 3.27. The van der Waals surface area contributed by atoms with Crippen LogP contribution >= 0.6 is 24.0 Å². The number of ether oxygens (including phenoxy) is 1. The minimum atomic E-state index is -0.133. The smallest absolute Gasteiger partial charge is 0.305 e. The first-order valence-corrected chi connectivity index (χ1v) is 7.51. The minimum Gasteiger partial charge on any atom is -0.469 e. The van der Waals surface area contributed by atoms with Gasteiger partial charge in [0.05, 0.1) is 13.7 Å². The van der Waals surface area contributed by atoms with Crippen LogP contribution in [0.25, 0.3) is 0 Å². The Morgan fingerprint density at radius 2 is 2.04 bits per heavy atom. The Bertz CT molecular complexity index is 478. The maximum Gasteiger partial charge on any atom is 0.305 e. The molecule has 0 unspecified atom stereocenters. The van der Waals surface area contributed by atoms with Crippen molar-refractivity contribution in [1.29, 1.82) is 0 Å². The maximum atomic E-state index is 11.0. The van der Waals surface area contributed by atoms with Gasteiger partial charge in [-0.1, -0.05) is 12.8 Å². The number of hydrogen-bond acceptors (Lipinski definition) is 5. The van der Waals surface area contributed by atoms with E-state index in [2.05, 4.69) is 30.4 Å². The molecule has 8 nitrogen and oxygen atoms in total. The van der Waals surface area contributed by atoms with Crippen LogP contribution in [0.2, 0.25) is 0 Å². The van der Waals surface area contributed by atoms with Crippen LogP contribution in [0, 0.1) is 0 Å². The molecule has 1 heterocycles. The summed E-state index contributed by atoms with van der Waals surface area (Å²) in [6.45, 7) is 1.42. The number of guanidine groups is 1. The average molecular weight is 438 g/mol. The Hall–Kier alpha value is -1.39. The number of methoxy groups -OCH3 is 1. The highest BCUT2D eigenvalue weighted by molar-refractivity contribution is 14.0. The summed E-state index contributed by atoms with van der Waals surface area (Å²) in [7, 11) is 5.02. The van der Waals surface area contributed by atoms with E-state index in [4.69, 9.17) is 0 Å². The van der Waals surface area contributed by atoms with Crippen molar-refractivity contribution in [3.63, 3.8) is 0 Å². The maximum absolute atomic E-state index is 11.0. The molecule has 1 rings (SSSR count). The van der Waals surface area contributed by atoms with Crippen molar-refractivity contribution in [2.75, 3.05) is 20.7 Å². The molecule has 0 amide bonds. The molecule has 1 aromatic rings. The molecule has 2 N–H and O–H groups in total. The average Bonchev–Trinajstić information content (AvgIpc) is 2.94. The second-order valence-electron chi connectivity index (χ2n) is 4.89. The molecule has 1 aromatic heterocycles. The van der Waals surface area contributed by atoms with E-state index in [9.17, 15) is 4.79 Å². The first kappa shape index (κ1) is 21.6. The van der Waals surface area contributed by atoms with Crippen molar-refractivity contribution in [3.05, 3.63) is 12.2 Å². The highest BCUT2D eigenvalue weighted by Crippen LogP contribution is 2.03. The van der Waals surface area contributed by atoms with Gasteiger partial charge >= 0.3 is 5.97 Å². The van der Waals surface area contributed by atoms with Crippen molar-refractivity contribution >= 4 is 35.9 Å². The van der Waals surface area contributed by atoms with Gasteiger partial charge in [-0.05, 0) is 12.8 Å². The van der Waals surface area contributed by atoms with Gasteiger partial charge in [-0.15, -0.1) is 24.0 Å². The molecule has 0 spiro atoms. The van der Waals surface area contributed by atoms with Crippen molar-refractivity contribution < 1.29 is 9.53 Å². The number of aliphatic imine (C=N–C) groups is 1. The molecule has 0 aliphatic heterocycles. The fraction of sp³-hybridized carbons (Fsp3) is 0.714. The topological polar surface area (TPSA) is 93.4 Å². The number of halogens is 1. The van der Waals surface area contributed by atoms with Gasteiger partial charge in [-0.3, -0.25) is 14.5 Å². The number of carbonyl (C=O) groups is 1. The Labute approximate surface area is 154 Å². The highest BCUT2D eigenvalue weighted by atomic mass is 127. The lowest BCUT2D eigenvalue weighted by Crippen LogP contribution is -2.37. The first-order chi connectivity index (χ1) is 10.7. The standard InChI is InChI=1S/C14H26N6O2.HI/c1-15-14(17-10-12-18-11-19-20(12)2)16-9-7-5-4-6-8-13(21)22-3;/h11H,4-10H2,1-3H3,(H2,15,16,17);1H. The summed E-state index contributed by atoms with van der Waals surface area (Å²) in [5, 5.41) is 10.5. The number of aryl methyl sites for hydroxylation is 1. The summed E-state index contributed by atoms with van der Waals surface area (Å²) >= 11 is 0. The number of hydrogen-bond donors (Lipinski definition) is 2. The van der Waals surface area contributed by atoms with Gasteiger partial charge in [-0.25, -0.2) is 4.98 Å². The van der Waals surface area contributed by atoms with E-state index in [-0.39, 0.29) is 29.9 Å². The van der Waals surface area contributed by atoms with E-state index in [1.54, 1.807) is 11.7 Å².